The van der Waals surface area contributed by atoms with E-state index in [4.69, 9.17) is 5.11 Å². The van der Waals surface area contributed by atoms with Crippen LogP contribution in [0.1, 0.15) is 6.42 Å². The molecule has 0 unspecified atom stereocenters. The molecule has 1 fully saturated rings. The molecular formula is C10H13N3O3. The Kier molecular flexibility index (Phi) is 2.89. The molecule has 2 rings (SSSR count). The third kappa shape index (κ3) is 2.21. The van der Waals surface area contributed by atoms with Gasteiger partial charge >= 0.3 is 5.97 Å². The van der Waals surface area contributed by atoms with Gasteiger partial charge in [0, 0.05) is 31.9 Å². The predicted octanol–water partition coefficient (Wildman–Crippen LogP) is -0.184. The number of amides is 1. The van der Waals surface area contributed by atoms with Gasteiger partial charge in [-0.25, -0.2) is 0 Å². The Labute approximate surface area is 92.5 Å². The van der Waals surface area contributed by atoms with Gasteiger partial charge in [-0.2, -0.15) is 5.10 Å². The second-order valence-electron chi connectivity index (χ2n) is 3.85. The highest BCUT2D eigenvalue weighted by Crippen LogP contribution is 2.17. The molecule has 2 heterocycles. The van der Waals surface area contributed by atoms with Gasteiger partial charge in [0.05, 0.1) is 12.5 Å². The molecule has 1 aliphatic heterocycles. The van der Waals surface area contributed by atoms with Crippen LogP contribution in [-0.2, 0) is 16.1 Å². The molecule has 1 saturated heterocycles. The zero-order valence-electron chi connectivity index (χ0n) is 8.74. The van der Waals surface area contributed by atoms with Crippen LogP contribution in [0.5, 0.6) is 0 Å². The maximum atomic E-state index is 11.5. The largest absolute Gasteiger partial charge is 0.481 e. The molecule has 0 aliphatic carbocycles. The number of likely N-dealkylation sites (tertiary alicyclic amines) is 1. The number of carboxylic acids is 1. The summed E-state index contributed by atoms with van der Waals surface area (Å²) in [6.45, 7) is 1.44. The van der Waals surface area contributed by atoms with Crippen LogP contribution in [0.15, 0.2) is 18.5 Å². The zero-order chi connectivity index (χ0) is 11.5. The molecule has 1 N–H and O–H groups in total. The summed E-state index contributed by atoms with van der Waals surface area (Å²) in [7, 11) is 0. The fourth-order valence-corrected chi connectivity index (χ4v) is 1.81. The minimum atomic E-state index is -0.894. The van der Waals surface area contributed by atoms with E-state index in [0.29, 0.717) is 19.6 Å². The van der Waals surface area contributed by atoms with Crippen LogP contribution in [0, 0.1) is 5.92 Å². The number of hydrogen-bond donors (Lipinski definition) is 1. The average molecular weight is 223 g/mol. The molecule has 1 amide bonds. The highest BCUT2D eigenvalue weighted by atomic mass is 16.4. The summed E-state index contributed by atoms with van der Waals surface area (Å²) in [5.41, 5.74) is 0. The summed E-state index contributed by atoms with van der Waals surface area (Å²) < 4.78 is 1.72. The fourth-order valence-electron chi connectivity index (χ4n) is 1.81. The zero-order valence-corrected chi connectivity index (χ0v) is 8.74. The Bertz CT molecular complexity index is 388. The van der Waals surface area contributed by atoms with Crippen molar-refractivity contribution in [2.24, 2.45) is 5.92 Å². The summed E-state index contributed by atoms with van der Waals surface area (Å²) in [5.74, 6) is -1.53. The predicted molar refractivity (Wildman–Crippen MR) is 54.5 cm³/mol. The van der Waals surface area contributed by atoms with Crippen molar-refractivity contribution in [2.45, 2.75) is 13.0 Å². The monoisotopic (exact) mass is 223 g/mol. The van der Waals surface area contributed by atoms with Crippen LogP contribution in [0.3, 0.4) is 0 Å². The van der Waals surface area contributed by atoms with Gasteiger partial charge in [0.15, 0.2) is 0 Å². The van der Waals surface area contributed by atoms with Crippen LogP contribution >= 0.6 is 0 Å². The second kappa shape index (κ2) is 4.34. The van der Waals surface area contributed by atoms with Crippen molar-refractivity contribution in [1.29, 1.82) is 0 Å². The van der Waals surface area contributed by atoms with E-state index in [-0.39, 0.29) is 12.3 Å². The van der Waals surface area contributed by atoms with Crippen molar-refractivity contribution >= 4 is 11.9 Å². The Morgan fingerprint density at radius 1 is 1.56 bits per heavy atom. The molecule has 6 heteroatoms. The van der Waals surface area contributed by atoms with Crippen LogP contribution < -0.4 is 0 Å². The van der Waals surface area contributed by atoms with Crippen molar-refractivity contribution in [3.63, 3.8) is 0 Å². The molecule has 16 heavy (non-hydrogen) atoms. The smallest absolute Gasteiger partial charge is 0.308 e. The van der Waals surface area contributed by atoms with Gasteiger partial charge in [0.1, 0.15) is 0 Å². The molecule has 0 radical (unpaired) electrons. The Morgan fingerprint density at radius 3 is 2.94 bits per heavy atom. The summed E-state index contributed by atoms with van der Waals surface area (Å²) >= 11 is 0. The van der Waals surface area contributed by atoms with E-state index < -0.39 is 11.9 Å². The van der Waals surface area contributed by atoms with Gasteiger partial charge in [-0.15, -0.1) is 0 Å². The van der Waals surface area contributed by atoms with E-state index in [1.54, 1.807) is 15.8 Å². The third-order valence-corrected chi connectivity index (χ3v) is 2.72. The van der Waals surface area contributed by atoms with E-state index in [0.717, 1.165) is 0 Å². The number of aliphatic carboxylic acids is 1. The van der Waals surface area contributed by atoms with Crippen molar-refractivity contribution in [3.05, 3.63) is 18.5 Å². The third-order valence-electron chi connectivity index (χ3n) is 2.72. The standard InChI is InChI=1S/C10H13N3O3/c14-9-6-8(10(15)16)7-12(9)4-5-13-3-1-2-11-13/h1-3,8H,4-7H2,(H,15,16)/t8-/m0/s1. The fraction of sp³-hybridized carbons (Fsp3) is 0.500. The maximum Gasteiger partial charge on any atom is 0.308 e. The van der Waals surface area contributed by atoms with Gasteiger partial charge in [-0.05, 0) is 6.07 Å². The quantitative estimate of drug-likeness (QED) is 0.768. The number of aromatic nitrogens is 2. The second-order valence-corrected chi connectivity index (χ2v) is 3.85. The van der Waals surface area contributed by atoms with E-state index in [2.05, 4.69) is 5.10 Å². The summed E-state index contributed by atoms with van der Waals surface area (Å²) in [5, 5.41) is 12.8. The Morgan fingerprint density at radius 2 is 2.38 bits per heavy atom. The normalized spacial score (nSPS) is 20.4. The van der Waals surface area contributed by atoms with Crippen molar-refractivity contribution in [1.82, 2.24) is 14.7 Å². The molecule has 1 aliphatic rings. The number of carboxylic acid groups (broad SMARTS) is 1. The summed E-state index contributed by atoms with van der Waals surface area (Å²) in [6, 6.07) is 1.81. The first-order chi connectivity index (χ1) is 7.66. The van der Waals surface area contributed by atoms with Gasteiger partial charge < -0.3 is 10.0 Å². The van der Waals surface area contributed by atoms with Gasteiger partial charge in [-0.1, -0.05) is 0 Å². The first kappa shape index (κ1) is 10.7. The molecule has 0 aromatic carbocycles. The van der Waals surface area contributed by atoms with E-state index in [1.807, 2.05) is 12.3 Å². The highest BCUT2D eigenvalue weighted by Gasteiger charge is 2.33. The number of rotatable bonds is 4. The van der Waals surface area contributed by atoms with E-state index in [9.17, 15) is 9.59 Å². The number of carbonyl (C=O) groups excluding carboxylic acids is 1. The lowest BCUT2D eigenvalue weighted by molar-refractivity contribution is -0.141. The molecule has 86 valence electrons. The number of hydrogen-bond acceptors (Lipinski definition) is 3. The molecule has 6 nitrogen and oxygen atoms in total. The van der Waals surface area contributed by atoms with Gasteiger partial charge in [0.2, 0.25) is 5.91 Å². The molecule has 1 atom stereocenters. The maximum absolute atomic E-state index is 11.5. The molecule has 0 spiro atoms. The lowest BCUT2D eigenvalue weighted by Crippen LogP contribution is -2.29. The van der Waals surface area contributed by atoms with Crippen LogP contribution in [0.2, 0.25) is 0 Å². The molecule has 0 saturated carbocycles. The first-order valence-electron chi connectivity index (χ1n) is 5.15. The Hall–Kier alpha value is -1.85. The van der Waals surface area contributed by atoms with E-state index >= 15 is 0 Å². The van der Waals surface area contributed by atoms with Crippen LogP contribution in [-0.4, -0.2) is 44.8 Å². The summed E-state index contributed by atoms with van der Waals surface area (Å²) in [4.78, 5) is 23.8. The lowest BCUT2D eigenvalue weighted by atomic mass is 10.1. The lowest BCUT2D eigenvalue weighted by Gasteiger charge is -2.15. The average Bonchev–Trinajstić information content (AvgIpc) is 2.84. The minimum Gasteiger partial charge on any atom is -0.481 e. The molecular weight excluding hydrogens is 210 g/mol. The topological polar surface area (TPSA) is 75.4 Å². The molecule has 1 aromatic heterocycles. The van der Waals surface area contributed by atoms with Crippen molar-refractivity contribution in [2.75, 3.05) is 13.1 Å². The highest BCUT2D eigenvalue weighted by molar-refractivity contribution is 5.86. The Balaban J connectivity index is 1.87. The molecule has 0 bridgehead atoms. The van der Waals surface area contributed by atoms with Gasteiger partial charge in [0.25, 0.3) is 0 Å². The number of nitrogens with zero attached hydrogens (tertiary/aromatic N) is 3. The van der Waals surface area contributed by atoms with Crippen LogP contribution in [0.25, 0.3) is 0 Å². The first-order valence-corrected chi connectivity index (χ1v) is 5.15. The SMILES string of the molecule is O=C(O)[C@H]1CC(=O)N(CCn2cccn2)C1. The van der Waals surface area contributed by atoms with Crippen LogP contribution in [0.4, 0.5) is 0 Å². The van der Waals surface area contributed by atoms with E-state index in [1.165, 1.54) is 0 Å². The molecule has 1 aromatic rings. The van der Waals surface area contributed by atoms with Crippen molar-refractivity contribution < 1.29 is 14.7 Å². The summed E-state index contributed by atoms with van der Waals surface area (Å²) in [6.07, 6.45) is 3.61. The van der Waals surface area contributed by atoms with Crippen molar-refractivity contribution in [3.8, 4) is 0 Å². The van der Waals surface area contributed by atoms with Gasteiger partial charge in [-0.3, -0.25) is 14.3 Å². The minimum absolute atomic E-state index is 0.0837. The number of carbonyl (C=O) groups is 2.